The zero-order valence-corrected chi connectivity index (χ0v) is 18.8. The van der Waals surface area contributed by atoms with Gasteiger partial charge in [0, 0.05) is 30.5 Å². The van der Waals surface area contributed by atoms with Crippen molar-refractivity contribution in [3.05, 3.63) is 82.9 Å². The molecule has 3 aliphatic rings. The van der Waals surface area contributed by atoms with Gasteiger partial charge in [-0.3, -0.25) is 0 Å². The van der Waals surface area contributed by atoms with Crippen LogP contribution in [0.15, 0.2) is 60.7 Å². The fraction of sp³-hybridized carbons (Fsp3) is 0.385. The highest BCUT2D eigenvalue weighted by molar-refractivity contribution is 5.89. The van der Waals surface area contributed by atoms with Gasteiger partial charge in [-0.15, -0.1) is 0 Å². The number of rotatable bonds is 7. The van der Waals surface area contributed by atoms with Crippen molar-refractivity contribution in [3.63, 3.8) is 0 Å². The van der Waals surface area contributed by atoms with Crippen LogP contribution < -0.4 is 0 Å². The molecular formula is C26H31NO5. The smallest absolute Gasteiger partial charge is 0.328 e. The van der Waals surface area contributed by atoms with E-state index >= 15 is 0 Å². The molecule has 0 aromatic heterocycles. The molecule has 2 bridgehead atoms. The Hall–Kier alpha value is -2.96. The molecule has 0 saturated carbocycles. The molecule has 6 nitrogen and oxygen atoms in total. The number of benzene rings is 2. The van der Waals surface area contributed by atoms with E-state index in [1.807, 2.05) is 0 Å². The van der Waals surface area contributed by atoms with Gasteiger partial charge in [0.2, 0.25) is 0 Å². The zero-order valence-electron chi connectivity index (χ0n) is 18.8. The summed E-state index contributed by atoms with van der Waals surface area (Å²) < 4.78 is 6.23. The molecule has 32 heavy (non-hydrogen) atoms. The molecule has 0 aliphatic heterocycles. The molecule has 2 atom stereocenters. The van der Waals surface area contributed by atoms with Crippen molar-refractivity contribution in [2.45, 2.75) is 31.3 Å². The molecule has 0 heterocycles. The van der Waals surface area contributed by atoms with Crippen LogP contribution in [-0.4, -0.2) is 60.4 Å². The number of ether oxygens (including phenoxy) is 1. The van der Waals surface area contributed by atoms with Gasteiger partial charge in [-0.05, 0) is 55.6 Å². The summed E-state index contributed by atoms with van der Waals surface area (Å²) in [7, 11) is 4.20. The van der Waals surface area contributed by atoms with Crippen molar-refractivity contribution < 1.29 is 24.5 Å². The summed E-state index contributed by atoms with van der Waals surface area (Å²) in [5.74, 6) is -0.925. The van der Waals surface area contributed by atoms with Gasteiger partial charge in [-0.1, -0.05) is 48.5 Å². The molecule has 0 saturated heterocycles. The second kappa shape index (κ2) is 10.6. The normalized spacial score (nSPS) is 21.4. The highest BCUT2D eigenvalue weighted by atomic mass is 16.5. The lowest BCUT2D eigenvalue weighted by Gasteiger charge is -2.47. The Morgan fingerprint density at radius 2 is 1.44 bits per heavy atom. The van der Waals surface area contributed by atoms with E-state index in [0.29, 0.717) is 36.0 Å². The quantitative estimate of drug-likeness (QED) is 0.638. The third-order valence-electron chi connectivity index (χ3n) is 6.24. The Morgan fingerprint density at radius 1 is 0.969 bits per heavy atom. The molecule has 170 valence electrons. The zero-order chi connectivity index (χ0) is 23.3. The van der Waals surface area contributed by atoms with Gasteiger partial charge in [0.25, 0.3) is 0 Å². The van der Waals surface area contributed by atoms with Crippen molar-refractivity contribution in [2.75, 3.05) is 27.2 Å². The SMILES string of the molecule is CC(OCCN(C)C)C1CC2c3ccccc3C1c1ccccc12.O=C(O)/C=C\C(=O)O. The van der Waals surface area contributed by atoms with Crippen molar-refractivity contribution in [2.24, 2.45) is 5.92 Å². The monoisotopic (exact) mass is 437 g/mol. The van der Waals surface area contributed by atoms with Gasteiger partial charge < -0.3 is 19.8 Å². The number of nitrogens with zero attached hydrogens (tertiary/aromatic N) is 1. The van der Waals surface area contributed by atoms with Crippen molar-refractivity contribution in [3.8, 4) is 0 Å². The molecule has 0 amide bonds. The van der Waals surface area contributed by atoms with E-state index in [0.717, 1.165) is 13.2 Å². The fourth-order valence-electron chi connectivity index (χ4n) is 4.83. The molecule has 2 N–H and O–H groups in total. The van der Waals surface area contributed by atoms with E-state index in [-0.39, 0.29) is 0 Å². The van der Waals surface area contributed by atoms with E-state index in [1.54, 1.807) is 0 Å². The molecule has 0 spiro atoms. The Kier molecular flexibility index (Phi) is 7.83. The molecule has 6 heteroatoms. The number of aliphatic carboxylic acids is 2. The summed E-state index contributed by atoms with van der Waals surface area (Å²) in [6.07, 6.45) is 2.62. The number of hydrogen-bond acceptors (Lipinski definition) is 4. The van der Waals surface area contributed by atoms with Crippen LogP contribution in [0.4, 0.5) is 0 Å². The molecule has 2 unspecified atom stereocenters. The van der Waals surface area contributed by atoms with E-state index in [2.05, 4.69) is 74.4 Å². The summed E-state index contributed by atoms with van der Waals surface area (Å²) in [5.41, 5.74) is 6.14. The van der Waals surface area contributed by atoms with E-state index < -0.39 is 11.9 Å². The minimum absolute atomic E-state index is 0.291. The van der Waals surface area contributed by atoms with Crippen molar-refractivity contribution >= 4 is 11.9 Å². The number of carbonyl (C=O) groups is 2. The highest BCUT2D eigenvalue weighted by Crippen LogP contribution is 2.56. The number of carboxylic acid groups (broad SMARTS) is 2. The fourth-order valence-corrected chi connectivity index (χ4v) is 4.83. The number of hydrogen-bond donors (Lipinski definition) is 2. The van der Waals surface area contributed by atoms with Crippen LogP contribution in [0.1, 0.15) is 47.4 Å². The standard InChI is InChI=1S/C22H27NO.C4H4O4/c1-15(24-13-12-23(2)3)20-14-21-16-8-4-6-10-18(16)22(20)19-11-7-5-9-17(19)21;5-3(6)1-2-4(7)8/h4-11,15,20-22H,12-14H2,1-3H3;1-2H,(H,5,6)(H,7,8)/b;2-1-. The highest BCUT2D eigenvalue weighted by Gasteiger charge is 2.45. The van der Waals surface area contributed by atoms with Crippen LogP contribution in [0.5, 0.6) is 0 Å². The summed E-state index contributed by atoms with van der Waals surface area (Å²) in [6, 6.07) is 18.1. The second-order valence-corrected chi connectivity index (χ2v) is 8.58. The third kappa shape index (κ3) is 5.44. The predicted octanol–water partition coefficient (Wildman–Crippen LogP) is 3.96. The first-order valence-electron chi connectivity index (χ1n) is 10.9. The lowest BCUT2D eigenvalue weighted by Crippen LogP contribution is -2.39. The minimum Gasteiger partial charge on any atom is -0.478 e. The van der Waals surface area contributed by atoms with Gasteiger partial charge >= 0.3 is 11.9 Å². The Morgan fingerprint density at radius 3 is 1.88 bits per heavy atom. The first kappa shape index (κ1) is 23.7. The Labute approximate surface area is 189 Å². The number of carboxylic acids is 2. The first-order chi connectivity index (χ1) is 15.3. The van der Waals surface area contributed by atoms with Crippen LogP contribution in [0.25, 0.3) is 0 Å². The van der Waals surface area contributed by atoms with Crippen LogP contribution in [0, 0.1) is 5.92 Å². The molecular weight excluding hydrogens is 406 g/mol. The van der Waals surface area contributed by atoms with Gasteiger partial charge in [0.05, 0.1) is 12.7 Å². The summed E-state index contributed by atoms with van der Waals surface area (Å²) in [4.78, 5) is 21.3. The minimum atomic E-state index is -1.26. The van der Waals surface area contributed by atoms with Crippen LogP contribution in [0.2, 0.25) is 0 Å². The summed E-state index contributed by atoms with van der Waals surface area (Å²) >= 11 is 0. The summed E-state index contributed by atoms with van der Waals surface area (Å²) in [5, 5.41) is 15.6. The first-order valence-corrected chi connectivity index (χ1v) is 10.9. The maximum absolute atomic E-state index is 9.55. The maximum Gasteiger partial charge on any atom is 0.328 e. The van der Waals surface area contributed by atoms with Crippen molar-refractivity contribution in [1.29, 1.82) is 0 Å². The Bertz CT molecular complexity index is 920. The topological polar surface area (TPSA) is 87.1 Å². The van der Waals surface area contributed by atoms with Gasteiger partial charge in [-0.25, -0.2) is 9.59 Å². The van der Waals surface area contributed by atoms with Crippen LogP contribution in [-0.2, 0) is 14.3 Å². The molecule has 0 fully saturated rings. The van der Waals surface area contributed by atoms with Crippen LogP contribution >= 0.6 is 0 Å². The average molecular weight is 438 g/mol. The Balaban J connectivity index is 0.000000312. The van der Waals surface area contributed by atoms with Gasteiger partial charge in [0.1, 0.15) is 0 Å². The lowest BCUT2D eigenvalue weighted by molar-refractivity contribution is -0.134. The van der Waals surface area contributed by atoms with Gasteiger partial charge in [0.15, 0.2) is 0 Å². The molecule has 0 radical (unpaired) electrons. The van der Waals surface area contributed by atoms with E-state index in [1.165, 1.54) is 28.7 Å². The maximum atomic E-state index is 9.55. The van der Waals surface area contributed by atoms with E-state index in [4.69, 9.17) is 14.9 Å². The lowest BCUT2D eigenvalue weighted by atomic mass is 9.58. The summed E-state index contributed by atoms with van der Waals surface area (Å²) in [6.45, 7) is 4.07. The van der Waals surface area contributed by atoms with Gasteiger partial charge in [-0.2, -0.15) is 0 Å². The van der Waals surface area contributed by atoms with E-state index in [9.17, 15) is 9.59 Å². The average Bonchev–Trinajstić information content (AvgIpc) is 2.78. The molecule has 5 rings (SSSR count). The molecule has 2 aromatic rings. The van der Waals surface area contributed by atoms with Crippen molar-refractivity contribution in [1.82, 2.24) is 4.90 Å². The molecule has 3 aliphatic carbocycles. The second-order valence-electron chi connectivity index (χ2n) is 8.58. The molecule has 2 aromatic carbocycles. The number of likely N-dealkylation sites (N-methyl/N-ethyl adjacent to an activating group) is 1. The number of fused-ring (bicyclic) bond motifs is 1. The predicted molar refractivity (Wildman–Crippen MR) is 123 cm³/mol. The third-order valence-corrected chi connectivity index (χ3v) is 6.24. The largest absolute Gasteiger partial charge is 0.478 e. The van der Waals surface area contributed by atoms with Crippen LogP contribution in [0.3, 0.4) is 0 Å².